The van der Waals surface area contributed by atoms with Gasteiger partial charge in [0, 0.05) is 0 Å². The van der Waals surface area contributed by atoms with E-state index in [2.05, 4.69) is 5.73 Å². The van der Waals surface area contributed by atoms with Crippen molar-refractivity contribution in [3.63, 3.8) is 0 Å². The smallest absolute Gasteiger partial charge is 0.170 e. The van der Waals surface area contributed by atoms with Crippen molar-refractivity contribution in [1.82, 2.24) is 0 Å². The average molecular weight is 216 g/mol. The Kier molecular flexibility index (Phi) is 4.07. The van der Waals surface area contributed by atoms with Gasteiger partial charge in [-0.25, -0.2) is 0 Å². The highest BCUT2D eigenvalue weighted by molar-refractivity contribution is 5.08. The maximum atomic E-state index is 9.50. The van der Waals surface area contributed by atoms with Crippen molar-refractivity contribution in [2.24, 2.45) is 0 Å². The number of halogens is 1. The van der Waals surface area contributed by atoms with Crippen molar-refractivity contribution in [3.05, 3.63) is 0 Å². The zero-order valence-electron chi connectivity index (χ0n) is 6.84. The molecule has 1 aliphatic carbocycles. The molecule has 0 aromatic heterocycles. The van der Waals surface area contributed by atoms with Gasteiger partial charge in [-0.1, -0.05) is 0 Å². The molecule has 6 nitrogen and oxygen atoms in total. The summed E-state index contributed by atoms with van der Waals surface area (Å²) in [5.41, 5.74) is 1.46. The van der Waals surface area contributed by atoms with Crippen molar-refractivity contribution in [2.45, 2.75) is 30.0 Å². The summed E-state index contributed by atoms with van der Waals surface area (Å²) in [4.78, 5) is 0. The van der Waals surface area contributed by atoms with E-state index in [0.29, 0.717) is 0 Å². The molecule has 1 rings (SSSR count). The molecule has 0 aromatic carbocycles. The highest BCUT2D eigenvalue weighted by atomic mass is 35.5. The molecule has 1 fully saturated rings. The van der Waals surface area contributed by atoms with Crippen LogP contribution in [0.25, 0.3) is 0 Å². The predicted octanol–water partition coefficient (Wildman–Crippen LogP) is -7.58. The van der Waals surface area contributed by atoms with Crippen molar-refractivity contribution >= 4 is 0 Å². The van der Waals surface area contributed by atoms with Gasteiger partial charge >= 0.3 is 0 Å². The van der Waals surface area contributed by atoms with Crippen LogP contribution in [0.2, 0.25) is 0 Å². The molecular weight excluding hydrogens is 202 g/mol. The molecular formula is C6H14ClNO5. The van der Waals surface area contributed by atoms with Crippen molar-refractivity contribution < 1.29 is 43.7 Å². The number of hydrogen-bond donors (Lipinski definition) is 6. The minimum atomic E-state index is -1.90. The number of quaternary nitrogens is 1. The molecule has 0 saturated heterocycles. The van der Waals surface area contributed by atoms with E-state index in [1.807, 2.05) is 0 Å². The van der Waals surface area contributed by atoms with E-state index in [-0.39, 0.29) is 12.4 Å². The fraction of sp³-hybridized carbons (Fsp3) is 1.00. The van der Waals surface area contributed by atoms with E-state index in [1.54, 1.807) is 0 Å². The Bertz CT molecular complexity index is 166. The second kappa shape index (κ2) is 4.05. The van der Waals surface area contributed by atoms with E-state index < -0.39 is 36.6 Å². The van der Waals surface area contributed by atoms with Gasteiger partial charge in [-0.2, -0.15) is 0 Å². The Labute approximate surface area is 81.0 Å². The van der Waals surface area contributed by atoms with Crippen LogP contribution >= 0.6 is 0 Å². The Balaban J connectivity index is 0.00000144. The molecule has 0 radical (unpaired) electrons. The third kappa shape index (κ3) is 1.66. The van der Waals surface area contributed by atoms with Crippen LogP contribution in [0, 0.1) is 0 Å². The van der Waals surface area contributed by atoms with Gasteiger partial charge in [-0.05, 0) is 0 Å². The Hall–Kier alpha value is 0.0500. The van der Waals surface area contributed by atoms with E-state index in [0.717, 1.165) is 0 Å². The minimum Gasteiger partial charge on any atom is -1.00 e. The second-order valence-corrected chi connectivity index (χ2v) is 3.18. The number of aliphatic hydroxyl groups excluding tert-OH is 4. The summed E-state index contributed by atoms with van der Waals surface area (Å²) in [5, 5.41) is 45.7. The lowest BCUT2D eigenvalue weighted by atomic mass is 9.97. The van der Waals surface area contributed by atoms with Crippen LogP contribution in [-0.2, 0) is 0 Å². The van der Waals surface area contributed by atoms with E-state index in [4.69, 9.17) is 15.3 Å². The van der Waals surface area contributed by atoms with Crippen LogP contribution in [0.5, 0.6) is 0 Å². The Morgan fingerprint density at radius 3 is 1.77 bits per heavy atom. The summed E-state index contributed by atoms with van der Waals surface area (Å²) in [7, 11) is 0. The molecule has 0 bridgehead atoms. The standard InChI is InChI=1S/C6H13NO5.ClH/c7-4-2(9)3(10)5(11)6(4,12)1-8;/h2-5,8-12H,1,7H2;1H/t2-,3+,4-,5+,6+;/m1./s1. The van der Waals surface area contributed by atoms with Crippen LogP contribution in [0.3, 0.4) is 0 Å². The molecule has 0 heterocycles. The normalized spacial score (nSPS) is 50.3. The molecule has 80 valence electrons. The summed E-state index contributed by atoms with van der Waals surface area (Å²) in [6.07, 6.45) is -4.32. The second-order valence-electron chi connectivity index (χ2n) is 3.18. The fourth-order valence-corrected chi connectivity index (χ4v) is 1.45. The number of hydrogen-bond acceptors (Lipinski definition) is 5. The lowest BCUT2D eigenvalue weighted by molar-refractivity contribution is -0.466. The molecule has 13 heavy (non-hydrogen) atoms. The maximum absolute atomic E-state index is 9.50. The van der Waals surface area contributed by atoms with Crippen molar-refractivity contribution in [3.8, 4) is 0 Å². The Morgan fingerprint density at radius 2 is 1.62 bits per heavy atom. The predicted molar refractivity (Wildman–Crippen MR) is 36.7 cm³/mol. The van der Waals surface area contributed by atoms with Gasteiger partial charge in [0.2, 0.25) is 0 Å². The minimum absolute atomic E-state index is 0. The zero-order valence-corrected chi connectivity index (χ0v) is 7.59. The summed E-state index contributed by atoms with van der Waals surface area (Å²) in [6.45, 7) is -0.740. The first kappa shape index (κ1) is 13.1. The van der Waals surface area contributed by atoms with Crippen molar-refractivity contribution in [1.29, 1.82) is 0 Å². The number of rotatable bonds is 1. The highest BCUT2D eigenvalue weighted by Crippen LogP contribution is 2.28. The van der Waals surface area contributed by atoms with Gasteiger partial charge < -0.3 is 43.7 Å². The molecule has 1 aliphatic rings. The van der Waals surface area contributed by atoms with Crippen LogP contribution in [0.15, 0.2) is 0 Å². The quantitative estimate of drug-likeness (QED) is 0.259. The van der Waals surface area contributed by atoms with E-state index >= 15 is 0 Å². The summed E-state index contributed by atoms with van der Waals surface area (Å²) >= 11 is 0. The van der Waals surface area contributed by atoms with Crippen LogP contribution < -0.4 is 18.1 Å². The van der Waals surface area contributed by atoms with Crippen LogP contribution in [0.4, 0.5) is 0 Å². The third-order valence-corrected chi connectivity index (χ3v) is 2.49. The fourth-order valence-electron chi connectivity index (χ4n) is 1.45. The summed E-state index contributed by atoms with van der Waals surface area (Å²) in [6, 6.07) is -0.993. The zero-order chi connectivity index (χ0) is 9.52. The Morgan fingerprint density at radius 1 is 1.15 bits per heavy atom. The molecule has 0 spiro atoms. The first-order valence-corrected chi connectivity index (χ1v) is 3.65. The van der Waals surface area contributed by atoms with Gasteiger partial charge in [0.15, 0.2) is 5.60 Å². The molecule has 0 aromatic rings. The summed E-state index contributed by atoms with van der Waals surface area (Å²) < 4.78 is 0. The molecule has 0 amide bonds. The molecule has 7 heteroatoms. The maximum Gasteiger partial charge on any atom is 0.170 e. The molecule has 5 atom stereocenters. The van der Waals surface area contributed by atoms with E-state index in [1.165, 1.54) is 0 Å². The van der Waals surface area contributed by atoms with Gasteiger partial charge in [0.25, 0.3) is 0 Å². The summed E-state index contributed by atoms with van der Waals surface area (Å²) in [5.74, 6) is 0. The molecule has 1 saturated carbocycles. The monoisotopic (exact) mass is 215 g/mol. The average Bonchev–Trinajstić information content (AvgIpc) is 2.22. The van der Waals surface area contributed by atoms with Gasteiger partial charge in [-0.15, -0.1) is 0 Å². The largest absolute Gasteiger partial charge is 1.00 e. The number of aliphatic hydroxyl groups is 5. The van der Waals surface area contributed by atoms with Crippen LogP contribution in [-0.4, -0.2) is 62.1 Å². The van der Waals surface area contributed by atoms with Gasteiger partial charge in [0.1, 0.15) is 24.4 Å². The lowest BCUT2D eigenvalue weighted by Crippen LogP contribution is -3.00. The van der Waals surface area contributed by atoms with Gasteiger partial charge in [-0.3, -0.25) is 0 Å². The van der Waals surface area contributed by atoms with Gasteiger partial charge in [0.05, 0.1) is 6.61 Å². The molecule has 0 aliphatic heterocycles. The topological polar surface area (TPSA) is 129 Å². The molecule has 0 unspecified atom stereocenters. The van der Waals surface area contributed by atoms with E-state index in [9.17, 15) is 10.2 Å². The first-order valence-electron chi connectivity index (χ1n) is 3.65. The molecule has 8 N–H and O–H groups in total. The highest BCUT2D eigenvalue weighted by Gasteiger charge is 2.60. The third-order valence-electron chi connectivity index (χ3n) is 2.49. The lowest BCUT2D eigenvalue weighted by Gasteiger charge is -2.25. The van der Waals surface area contributed by atoms with Crippen molar-refractivity contribution in [2.75, 3.05) is 6.61 Å². The first-order chi connectivity index (χ1) is 5.45. The SMILES string of the molecule is [Cl-].[NH3+][C@@H]1[C@H](O)[C@H](O)[C@H](O)[C@]1(O)CO. The van der Waals surface area contributed by atoms with Crippen LogP contribution in [0.1, 0.15) is 0 Å².